The highest BCUT2D eigenvalue weighted by atomic mass is 16.5. The van der Waals surface area contributed by atoms with Crippen LogP contribution in [0.1, 0.15) is 49.1 Å². The Bertz CT molecular complexity index is 714. The first-order valence-electron chi connectivity index (χ1n) is 9.63. The molecule has 0 aromatic carbocycles. The molecule has 4 aliphatic rings. The van der Waals surface area contributed by atoms with Gasteiger partial charge in [0.2, 0.25) is 11.9 Å². The molecular weight excluding hydrogens is 316 g/mol. The highest BCUT2D eigenvalue weighted by molar-refractivity contribution is 5.81. The molecule has 3 fully saturated rings. The third kappa shape index (κ3) is 2.80. The summed E-state index contributed by atoms with van der Waals surface area (Å²) in [5.74, 6) is 2.15. The van der Waals surface area contributed by atoms with Crippen molar-refractivity contribution in [2.24, 2.45) is 11.8 Å². The van der Waals surface area contributed by atoms with Crippen LogP contribution in [0, 0.1) is 18.8 Å². The Hall–Kier alpha value is -1.69. The second kappa shape index (κ2) is 5.66. The smallest absolute Gasteiger partial charge is 0.225 e. The van der Waals surface area contributed by atoms with Crippen molar-refractivity contribution in [3.63, 3.8) is 0 Å². The molecule has 2 saturated carbocycles. The van der Waals surface area contributed by atoms with Gasteiger partial charge in [-0.25, -0.2) is 9.97 Å². The molecule has 6 heteroatoms. The first-order valence-corrected chi connectivity index (χ1v) is 9.63. The molecule has 1 amide bonds. The Morgan fingerprint density at radius 2 is 2.16 bits per heavy atom. The number of nitrogens with one attached hydrogen (secondary N) is 1. The van der Waals surface area contributed by atoms with E-state index >= 15 is 0 Å². The second-order valence-corrected chi connectivity index (χ2v) is 8.34. The molecule has 1 atom stereocenters. The molecule has 2 aliphatic heterocycles. The Balaban J connectivity index is 1.43. The Morgan fingerprint density at radius 3 is 2.92 bits per heavy atom. The zero-order chi connectivity index (χ0) is 17.0. The molecule has 1 aromatic rings. The fraction of sp³-hybridized carbons (Fsp3) is 0.737. The largest absolute Gasteiger partial charge is 0.376 e. The minimum absolute atomic E-state index is 0.151. The molecule has 6 nitrogen and oxygen atoms in total. The molecule has 0 radical (unpaired) electrons. The van der Waals surface area contributed by atoms with Gasteiger partial charge in [0, 0.05) is 36.8 Å². The number of amides is 1. The Morgan fingerprint density at radius 1 is 1.32 bits per heavy atom. The van der Waals surface area contributed by atoms with Crippen LogP contribution in [0.4, 0.5) is 5.95 Å². The summed E-state index contributed by atoms with van der Waals surface area (Å²) in [6, 6.07) is 0. The highest BCUT2D eigenvalue weighted by Crippen LogP contribution is 2.42. The number of aromatic nitrogens is 2. The zero-order valence-corrected chi connectivity index (χ0v) is 14.9. The van der Waals surface area contributed by atoms with Crippen LogP contribution >= 0.6 is 0 Å². The molecule has 3 heterocycles. The molecule has 2 aliphatic carbocycles. The fourth-order valence-electron chi connectivity index (χ4n) is 4.22. The molecule has 134 valence electrons. The van der Waals surface area contributed by atoms with Crippen molar-refractivity contribution in [2.75, 3.05) is 31.6 Å². The van der Waals surface area contributed by atoms with Gasteiger partial charge in [0.05, 0.1) is 24.3 Å². The molecule has 1 N–H and O–H groups in total. The zero-order valence-electron chi connectivity index (χ0n) is 14.9. The van der Waals surface area contributed by atoms with E-state index in [1.165, 1.54) is 12.8 Å². The number of hydrogen-bond donors (Lipinski definition) is 1. The number of carbonyl (C=O) groups excluding carboxylic acids is 1. The van der Waals surface area contributed by atoms with Crippen molar-refractivity contribution in [3.05, 3.63) is 17.0 Å². The first kappa shape index (κ1) is 15.6. The van der Waals surface area contributed by atoms with Crippen molar-refractivity contribution in [1.82, 2.24) is 14.9 Å². The molecule has 25 heavy (non-hydrogen) atoms. The number of nitrogens with zero attached hydrogens (tertiary/aromatic N) is 3. The van der Waals surface area contributed by atoms with Gasteiger partial charge < -0.3 is 15.0 Å². The van der Waals surface area contributed by atoms with Gasteiger partial charge in [-0.15, -0.1) is 0 Å². The third-order valence-corrected chi connectivity index (χ3v) is 6.18. The van der Waals surface area contributed by atoms with E-state index in [4.69, 9.17) is 9.72 Å². The van der Waals surface area contributed by atoms with E-state index in [1.807, 2.05) is 11.8 Å². The van der Waals surface area contributed by atoms with Gasteiger partial charge in [0.25, 0.3) is 0 Å². The molecule has 1 aromatic heterocycles. The van der Waals surface area contributed by atoms with Gasteiger partial charge in [-0.3, -0.25) is 4.79 Å². The monoisotopic (exact) mass is 342 g/mol. The lowest BCUT2D eigenvalue weighted by molar-refractivity contribution is -0.131. The van der Waals surface area contributed by atoms with Crippen LogP contribution in [0.15, 0.2) is 0 Å². The number of likely N-dealkylation sites (tertiary alicyclic amines) is 1. The Kier molecular flexibility index (Phi) is 3.52. The minimum Gasteiger partial charge on any atom is -0.376 e. The summed E-state index contributed by atoms with van der Waals surface area (Å²) in [6.07, 6.45) is 5.69. The number of anilines is 1. The SMILES string of the molecule is Cc1nc(NCC2CC2)nc2c1COC[C@]21CCN(C(=O)C2CC2)C1. The number of fused-ring (bicyclic) bond motifs is 2. The van der Waals surface area contributed by atoms with Gasteiger partial charge in [0.1, 0.15) is 0 Å². The van der Waals surface area contributed by atoms with Gasteiger partial charge in [-0.05, 0) is 44.9 Å². The summed E-state index contributed by atoms with van der Waals surface area (Å²) in [5.41, 5.74) is 3.11. The van der Waals surface area contributed by atoms with E-state index in [0.717, 1.165) is 67.7 Å². The average molecular weight is 342 g/mol. The lowest BCUT2D eigenvalue weighted by Crippen LogP contribution is -2.42. The standard InChI is InChI=1S/C19H26N4O2/c1-12-15-9-25-11-19(6-7-23(10-19)17(24)14-4-5-14)16(15)22-18(21-12)20-8-13-2-3-13/h13-14H,2-11H2,1H3,(H,20,21,22)/t19-/m1/s1. The maximum atomic E-state index is 12.5. The summed E-state index contributed by atoms with van der Waals surface area (Å²) in [7, 11) is 0. The van der Waals surface area contributed by atoms with Crippen molar-refractivity contribution in [2.45, 2.75) is 51.0 Å². The summed E-state index contributed by atoms with van der Waals surface area (Å²) < 4.78 is 5.93. The van der Waals surface area contributed by atoms with Gasteiger partial charge in [-0.1, -0.05) is 0 Å². The van der Waals surface area contributed by atoms with E-state index in [1.54, 1.807) is 0 Å². The van der Waals surface area contributed by atoms with Crippen LogP contribution in [-0.2, 0) is 21.6 Å². The summed E-state index contributed by atoms with van der Waals surface area (Å²) in [5, 5.41) is 3.42. The van der Waals surface area contributed by atoms with Crippen molar-refractivity contribution < 1.29 is 9.53 Å². The number of carbonyl (C=O) groups is 1. The van der Waals surface area contributed by atoms with E-state index in [9.17, 15) is 4.79 Å². The maximum Gasteiger partial charge on any atom is 0.225 e. The first-order chi connectivity index (χ1) is 12.1. The maximum absolute atomic E-state index is 12.5. The summed E-state index contributed by atoms with van der Waals surface area (Å²) in [4.78, 5) is 24.1. The topological polar surface area (TPSA) is 67.4 Å². The number of hydrogen-bond acceptors (Lipinski definition) is 5. The van der Waals surface area contributed by atoms with Crippen LogP contribution < -0.4 is 5.32 Å². The van der Waals surface area contributed by atoms with Crippen molar-refractivity contribution in [3.8, 4) is 0 Å². The van der Waals surface area contributed by atoms with Gasteiger partial charge in [0.15, 0.2) is 0 Å². The van der Waals surface area contributed by atoms with Crippen LogP contribution in [0.3, 0.4) is 0 Å². The lowest BCUT2D eigenvalue weighted by Gasteiger charge is -2.35. The molecular formula is C19H26N4O2. The second-order valence-electron chi connectivity index (χ2n) is 8.34. The molecule has 0 bridgehead atoms. The Labute approximate surface area is 148 Å². The fourth-order valence-corrected chi connectivity index (χ4v) is 4.22. The molecule has 1 spiro atoms. The summed E-state index contributed by atoms with van der Waals surface area (Å²) >= 11 is 0. The van der Waals surface area contributed by atoms with Crippen LogP contribution in [-0.4, -0.2) is 47.0 Å². The van der Waals surface area contributed by atoms with E-state index in [0.29, 0.717) is 19.1 Å². The van der Waals surface area contributed by atoms with Crippen molar-refractivity contribution in [1.29, 1.82) is 0 Å². The number of rotatable bonds is 4. The third-order valence-electron chi connectivity index (χ3n) is 6.18. The van der Waals surface area contributed by atoms with Crippen LogP contribution in [0.2, 0.25) is 0 Å². The van der Waals surface area contributed by atoms with Crippen molar-refractivity contribution >= 4 is 11.9 Å². The lowest BCUT2D eigenvalue weighted by atomic mass is 9.80. The molecule has 0 unspecified atom stereocenters. The number of ether oxygens (including phenoxy) is 1. The van der Waals surface area contributed by atoms with Gasteiger partial charge >= 0.3 is 0 Å². The quantitative estimate of drug-likeness (QED) is 0.907. The van der Waals surface area contributed by atoms with Gasteiger partial charge in [-0.2, -0.15) is 0 Å². The van der Waals surface area contributed by atoms with E-state index in [-0.39, 0.29) is 11.3 Å². The number of aryl methyl sites for hydroxylation is 1. The van der Waals surface area contributed by atoms with Crippen LogP contribution in [0.25, 0.3) is 0 Å². The summed E-state index contributed by atoms with van der Waals surface area (Å²) in [6.45, 7) is 5.83. The highest BCUT2D eigenvalue weighted by Gasteiger charge is 2.48. The van der Waals surface area contributed by atoms with E-state index < -0.39 is 0 Å². The van der Waals surface area contributed by atoms with E-state index in [2.05, 4.69) is 10.3 Å². The average Bonchev–Trinajstić information content (AvgIpc) is 3.52. The predicted octanol–water partition coefficient (Wildman–Crippen LogP) is 2.02. The molecule has 5 rings (SSSR count). The van der Waals surface area contributed by atoms with Crippen LogP contribution in [0.5, 0.6) is 0 Å². The molecule has 1 saturated heterocycles. The predicted molar refractivity (Wildman–Crippen MR) is 93.2 cm³/mol. The minimum atomic E-state index is -0.151. The normalized spacial score (nSPS) is 28.3.